The highest BCUT2D eigenvalue weighted by Crippen LogP contribution is 2.16. The summed E-state index contributed by atoms with van der Waals surface area (Å²) < 4.78 is 7.07. The fourth-order valence-corrected chi connectivity index (χ4v) is 1.62. The molecular formula is C13H14N2O2. The molecule has 88 valence electrons. The van der Waals surface area contributed by atoms with Crippen molar-refractivity contribution in [3.63, 3.8) is 0 Å². The molecule has 2 aromatic rings. The van der Waals surface area contributed by atoms with Crippen LogP contribution in [0.15, 0.2) is 36.8 Å². The van der Waals surface area contributed by atoms with Gasteiger partial charge in [0.1, 0.15) is 11.4 Å². The van der Waals surface area contributed by atoms with E-state index in [1.54, 1.807) is 36.3 Å². The lowest BCUT2D eigenvalue weighted by atomic mass is 10.1. The summed E-state index contributed by atoms with van der Waals surface area (Å²) in [5, 5.41) is 0. The Hall–Kier alpha value is -2.10. The molecular weight excluding hydrogens is 216 g/mol. The number of nitrogens with zero attached hydrogens (tertiary/aromatic N) is 2. The Kier molecular flexibility index (Phi) is 3.23. The molecule has 0 amide bonds. The van der Waals surface area contributed by atoms with E-state index >= 15 is 0 Å². The van der Waals surface area contributed by atoms with Crippen molar-refractivity contribution in [2.24, 2.45) is 7.05 Å². The summed E-state index contributed by atoms with van der Waals surface area (Å²) >= 11 is 0. The summed E-state index contributed by atoms with van der Waals surface area (Å²) in [6.07, 6.45) is 3.18. The summed E-state index contributed by atoms with van der Waals surface area (Å²) in [6, 6.07) is 7.18. The molecule has 1 aromatic carbocycles. The first-order valence-corrected chi connectivity index (χ1v) is 5.46. The minimum Gasteiger partial charge on any atom is -0.494 e. The number of hydrogen-bond donors (Lipinski definition) is 0. The van der Waals surface area contributed by atoms with E-state index in [0.717, 1.165) is 0 Å². The maximum atomic E-state index is 12.2. The molecule has 0 N–H and O–H groups in total. The van der Waals surface area contributed by atoms with E-state index in [1.807, 2.05) is 19.1 Å². The lowest BCUT2D eigenvalue weighted by Crippen LogP contribution is -2.07. The highest BCUT2D eigenvalue weighted by molar-refractivity contribution is 6.07. The topological polar surface area (TPSA) is 44.1 Å². The number of ether oxygens (including phenoxy) is 1. The van der Waals surface area contributed by atoms with Gasteiger partial charge in [0.15, 0.2) is 0 Å². The van der Waals surface area contributed by atoms with Crippen molar-refractivity contribution in [2.45, 2.75) is 6.92 Å². The van der Waals surface area contributed by atoms with Gasteiger partial charge in [-0.1, -0.05) is 12.1 Å². The van der Waals surface area contributed by atoms with Crippen LogP contribution in [0.2, 0.25) is 0 Å². The normalized spacial score (nSPS) is 10.2. The summed E-state index contributed by atoms with van der Waals surface area (Å²) in [6.45, 7) is 2.50. The number of ketones is 1. The summed E-state index contributed by atoms with van der Waals surface area (Å²) in [4.78, 5) is 16.1. The van der Waals surface area contributed by atoms with Crippen LogP contribution < -0.4 is 4.74 Å². The zero-order valence-corrected chi connectivity index (χ0v) is 9.88. The van der Waals surface area contributed by atoms with Gasteiger partial charge in [0, 0.05) is 12.6 Å². The van der Waals surface area contributed by atoms with Gasteiger partial charge < -0.3 is 9.30 Å². The lowest BCUT2D eigenvalue weighted by molar-refractivity contribution is 0.103. The number of rotatable bonds is 4. The molecule has 17 heavy (non-hydrogen) atoms. The summed E-state index contributed by atoms with van der Waals surface area (Å²) in [5.41, 5.74) is 1.18. The van der Waals surface area contributed by atoms with E-state index < -0.39 is 0 Å². The average Bonchev–Trinajstić information content (AvgIpc) is 2.75. The molecule has 0 aliphatic heterocycles. The number of benzene rings is 1. The third-order valence-electron chi connectivity index (χ3n) is 2.46. The molecule has 0 bridgehead atoms. The number of aromatic nitrogens is 2. The van der Waals surface area contributed by atoms with Gasteiger partial charge in [0.05, 0.1) is 19.1 Å². The van der Waals surface area contributed by atoms with Crippen LogP contribution in [-0.2, 0) is 7.05 Å². The van der Waals surface area contributed by atoms with Gasteiger partial charge in [0.25, 0.3) is 0 Å². The Morgan fingerprint density at radius 1 is 1.47 bits per heavy atom. The van der Waals surface area contributed by atoms with Crippen LogP contribution in [0.4, 0.5) is 0 Å². The average molecular weight is 230 g/mol. The van der Waals surface area contributed by atoms with Gasteiger partial charge in [-0.15, -0.1) is 0 Å². The summed E-state index contributed by atoms with van der Waals surface area (Å²) in [7, 11) is 1.80. The van der Waals surface area contributed by atoms with Crippen molar-refractivity contribution in [3.05, 3.63) is 48.0 Å². The monoisotopic (exact) mass is 230 g/mol. The molecule has 0 saturated heterocycles. The first kappa shape index (κ1) is 11.4. The molecule has 2 rings (SSSR count). The number of aryl methyl sites for hydroxylation is 1. The van der Waals surface area contributed by atoms with Gasteiger partial charge in [0.2, 0.25) is 5.78 Å². The molecule has 0 radical (unpaired) electrons. The second-order valence-corrected chi connectivity index (χ2v) is 3.68. The Bertz CT molecular complexity index is 532. The Balaban J connectivity index is 2.31. The number of hydrogen-bond acceptors (Lipinski definition) is 3. The molecule has 1 heterocycles. The van der Waals surface area contributed by atoms with Crippen LogP contribution in [0.5, 0.6) is 5.75 Å². The van der Waals surface area contributed by atoms with Crippen LogP contribution in [-0.4, -0.2) is 21.9 Å². The molecule has 0 atom stereocenters. The van der Waals surface area contributed by atoms with Crippen molar-refractivity contribution in [1.29, 1.82) is 0 Å². The van der Waals surface area contributed by atoms with Crippen LogP contribution in [0.25, 0.3) is 0 Å². The van der Waals surface area contributed by atoms with Crippen molar-refractivity contribution >= 4 is 5.78 Å². The van der Waals surface area contributed by atoms with Crippen LogP contribution in [0.1, 0.15) is 23.0 Å². The Morgan fingerprint density at radius 3 is 2.94 bits per heavy atom. The standard InChI is InChI=1S/C13H14N2O2/c1-3-17-11-6-4-5-10(7-11)13(16)12-8-14-9-15(12)2/h4-9H,3H2,1-2H3. The minimum absolute atomic E-state index is 0.0495. The maximum absolute atomic E-state index is 12.2. The van der Waals surface area contributed by atoms with Gasteiger partial charge in [-0.2, -0.15) is 0 Å². The zero-order chi connectivity index (χ0) is 12.3. The lowest BCUT2D eigenvalue weighted by Gasteiger charge is -2.05. The predicted octanol–water partition coefficient (Wildman–Crippen LogP) is 2.05. The van der Waals surface area contributed by atoms with Gasteiger partial charge in [-0.3, -0.25) is 4.79 Å². The number of imidazole rings is 1. The molecule has 0 unspecified atom stereocenters. The van der Waals surface area contributed by atoms with E-state index in [9.17, 15) is 4.79 Å². The molecule has 0 spiro atoms. The van der Waals surface area contributed by atoms with E-state index in [-0.39, 0.29) is 5.78 Å². The largest absolute Gasteiger partial charge is 0.494 e. The molecule has 4 nitrogen and oxygen atoms in total. The highest BCUT2D eigenvalue weighted by atomic mass is 16.5. The first-order valence-electron chi connectivity index (χ1n) is 5.46. The second-order valence-electron chi connectivity index (χ2n) is 3.68. The van der Waals surface area contributed by atoms with Gasteiger partial charge in [-0.25, -0.2) is 4.98 Å². The third-order valence-corrected chi connectivity index (χ3v) is 2.46. The van der Waals surface area contributed by atoms with Crippen molar-refractivity contribution in [2.75, 3.05) is 6.61 Å². The van der Waals surface area contributed by atoms with Crippen LogP contribution >= 0.6 is 0 Å². The molecule has 0 aliphatic carbocycles. The third kappa shape index (κ3) is 2.36. The molecule has 4 heteroatoms. The summed E-state index contributed by atoms with van der Waals surface area (Å²) in [5.74, 6) is 0.659. The maximum Gasteiger partial charge on any atom is 0.211 e. The fraction of sp³-hybridized carbons (Fsp3) is 0.231. The van der Waals surface area contributed by atoms with E-state index in [4.69, 9.17) is 4.74 Å². The second kappa shape index (κ2) is 4.82. The number of carbonyl (C=O) groups is 1. The number of carbonyl (C=O) groups excluding carboxylic acids is 1. The Morgan fingerprint density at radius 2 is 2.29 bits per heavy atom. The molecule has 1 aromatic heterocycles. The van der Waals surface area contributed by atoms with E-state index in [0.29, 0.717) is 23.6 Å². The molecule has 0 fully saturated rings. The predicted molar refractivity (Wildman–Crippen MR) is 64.3 cm³/mol. The molecule has 0 saturated carbocycles. The van der Waals surface area contributed by atoms with Gasteiger partial charge >= 0.3 is 0 Å². The van der Waals surface area contributed by atoms with E-state index in [2.05, 4.69) is 4.98 Å². The quantitative estimate of drug-likeness (QED) is 0.755. The van der Waals surface area contributed by atoms with Crippen LogP contribution in [0.3, 0.4) is 0 Å². The fourth-order valence-electron chi connectivity index (χ4n) is 1.62. The smallest absolute Gasteiger partial charge is 0.211 e. The highest BCUT2D eigenvalue weighted by Gasteiger charge is 2.12. The minimum atomic E-state index is -0.0495. The van der Waals surface area contributed by atoms with Gasteiger partial charge in [-0.05, 0) is 19.1 Å². The molecule has 0 aliphatic rings. The van der Waals surface area contributed by atoms with Crippen molar-refractivity contribution in [3.8, 4) is 5.75 Å². The van der Waals surface area contributed by atoms with Crippen molar-refractivity contribution in [1.82, 2.24) is 9.55 Å². The van der Waals surface area contributed by atoms with E-state index in [1.165, 1.54) is 0 Å². The van der Waals surface area contributed by atoms with Crippen LogP contribution in [0, 0.1) is 0 Å². The SMILES string of the molecule is CCOc1cccc(C(=O)c2cncn2C)c1. The first-order chi connectivity index (χ1) is 8.22. The van der Waals surface area contributed by atoms with Crippen molar-refractivity contribution < 1.29 is 9.53 Å². The zero-order valence-electron chi connectivity index (χ0n) is 9.88. The Labute approximate surface area is 99.9 Å².